The highest BCUT2D eigenvalue weighted by molar-refractivity contribution is 7.92. The fourth-order valence-electron chi connectivity index (χ4n) is 2.78. The Hall–Kier alpha value is -3.00. The van der Waals surface area contributed by atoms with Crippen molar-refractivity contribution in [1.29, 1.82) is 0 Å². The van der Waals surface area contributed by atoms with Crippen molar-refractivity contribution >= 4 is 15.7 Å². The number of hydrogen-bond acceptors (Lipinski definition) is 5. The van der Waals surface area contributed by atoms with E-state index in [-0.39, 0.29) is 4.90 Å². The molecule has 0 aliphatic carbocycles. The summed E-state index contributed by atoms with van der Waals surface area (Å²) in [6.45, 7) is 0.915. The van der Waals surface area contributed by atoms with Crippen LogP contribution >= 0.6 is 0 Å². The molecule has 7 nitrogen and oxygen atoms in total. The highest BCUT2D eigenvalue weighted by Gasteiger charge is 2.24. The van der Waals surface area contributed by atoms with E-state index in [0.29, 0.717) is 36.1 Å². The lowest BCUT2D eigenvalue weighted by atomic mass is 10.2. The van der Waals surface area contributed by atoms with Crippen molar-refractivity contribution < 1.29 is 17.9 Å². The van der Waals surface area contributed by atoms with Crippen LogP contribution < -0.4 is 14.2 Å². The molecule has 1 N–H and O–H groups in total. The lowest BCUT2D eigenvalue weighted by molar-refractivity contribution is 0.171. The SMILES string of the molecule is Cn1cc(S(=O)(=O)Nc2ccc3c(c2)OCCO3)c(-c2ccccc2)n1. The van der Waals surface area contributed by atoms with E-state index >= 15 is 0 Å². The van der Waals surface area contributed by atoms with Gasteiger partial charge in [0.25, 0.3) is 10.0 Å². The van der Waals surface area contributed by atoms with Gasteiger partial charge in [-0.3, -0.25) is 9.40 Å². The van der Waals surface area contributed by atoms with Crippen molar-refractivity contribution in [3.63, 3.8) is 0 Å². The highest BCUT2D eigenvalue weighted by atomic mass is 32.2. The van der Waals surface area contributed by atoms with Gasteiger partial charge in [0.2, 0.25) is 0 Å². The zero-order chi connectivity index (χ0) is 18.1. The van der Waals surface area contributed by atoms with Crippen LogP contribution in [0.5, 0.6) is 11.5 Å². The predicted octanol–water partition coefficient (Wildman–Crippen LogP) is 2.66. The number of nitrogens with one attached hydrogen (secondary N) is 1. The second-order valence-corrected chi connectivity index (χ2v) is 7.50. The number of ether oxygens (including phenoxy) is 2. The van der Waals surface area contributed by atoms with Crippen LogP contribution in [0.4, 0.5) is 5.69 Å². The molecule has 0 spiro atoms. The molecule has 2 aromatic carbocycles. The van der Waals surface area contributed by atoms with E-state index in [2.05, 4.69) is 9.82 Å². The summed E-state index contributed by atoms with van der Waals surface area (Å²) >= 11 is 0. The number of sulfonamides is 1. The standard InChI is InChI=1S/C18H17N3O4S/c1-21-12-17(18(19-21)13-5-3-2-4-6-13)26(22,23)20-14-7-8-15-16(11-14)25-10-9-24-15/h2-8,11-12,20H,9-10H2,1H3. The first-order chi connectivity index (χ1) is 12.5. The maximum atomic E-state index is 12.9. The highest BCUT2D eigenvalue weighted by Crippen LogP contribution is 2.34. The first-order valence-electron chi connectivity index (χ1n) is 8.04. The number of hydrogen-bond donors (Lipinski definition) is 1. The fourth-order valence-corrected chi connectivity index (χ4v) is 4.03. The van der Waals surface area contributed by atoms with Crippen molar-refractivity contribution in [3.8, 4) is 22.8 Å². The number of fused-ring (bicyclic) bond motifs is 1. The Kier molecular flexibility index (Phi) is 4.04. The summed E-state index contributed by atoms with van der Waals surface area (Å²) in [6, 6.07) is 14.1. The number of anilines is 1. The molecule has 2 heterocycles. The van der Waals surface area contributed by atoms with Crippen molar-refractivity contribution in [1.82, 2.24) is 9.78 Å². The molecule has 1 aliphatic heterocycles. The molecule has 0 atom stereocenters. The molecule has 26 heavy (non-hydrogen) atoms. The third-order valence-corrected chi connectivity index (χ3v) is 5.31. The first-order valence-corrected chi connectivity index (χ1v) is 9.53. The smallest absolute Gasteiger partial charge is 0.265 e. The van der Waals surface area contributed by atoms with Crippen LogP contribution in [-0.2, 0) is 17.1 Å². The topological polar surface area (TPSA) is 82.5 Å². The number of benzene rings is 2. The van der Waals surface area contributed by atoms with Gasteiger partial charge in [0.15, 0.2) is 11.5 Å². The van der Waals surface area contributed by atoms with Crippen LogP contribution in [0.15, 0.2) is 59.6 Å². The molecule has 134 valence electrons. The minimum atomic E-state index is -3.83. The van der Waals surface area contributed by atoms with Gasteiger partial charge in [0.1, 0.15) is 23.8 Å². The fraction of sp³-hybridized carbons (Fsp3) is 0.167. The first kappa shape index (κ1) is 16.5. The van der Waals surface area contributed by atoms with Crippen LogP contribution in [-0.4, -0.2) is 31.4 Å². The van der Waals surface area contributed by atoms with Crippen LogP contribution in [0.25, 0.3) is 11.3 Å². The monoisotopic (exact) mass is 371 g/mol. The van der Waals surface area contributed by atoms with Crippen LogP contribution in [0.2, 0.25) is 0 Å². The second kappa shape index (κ2) is 6.38. The minimum Gasteiger partial charge on any atom is -0.486 e. The van der Waals surface area contributed by atoms with Gasteiger partial charge in [-0.2, -0.15) is 5.10 Å². The Labute approximate surface area is 151 Å². The Balaban J connectivity index is 1.70. The molecule has 0 radical (unpaired) electrons. The van der Waals surface area contributed by atoms with Crippen molar-refractivity contribution in [2.75, 3.05) is 17.9 Å². The average Bonchev–Trinajstić information content (AvgIpc) is 3.05. The number of aryl methyl sites for hydroxylation is 1. The minimum absolute atomic E-state index is 0.112. The molecule has 1 aromatic heterocycles. The number of nitrogens with zero attached hydrogens (tertiary/aromatic N) is 2. The van der Waals surface area contributed by atoms with Crippen LogP contribution in [0, 0.1) is 0 Å². The van der Waals surface area contributed by atoms with E-state index in [4.69, 9.17) is 9.47 Å². The summed E-state index contributed by atoms with van der Waals surface area (Å²) in [7, 11) is -2.14. The summed E-state index contributed by atoms with van der Waals surface area (Å²) in [5.41, 5.74) is 1.53. The van der Waals surface area contributed by atoms with Crippen molar-refractivity contribution in [2.24, 2.45) is 7.05 Å². The summed E-state index contributed by atoms with van der Waals surface area (Å²) in [5.74, 6) is 1.12. The molecular formula is C18H17N3O4S. The van der Waals surface area contributed by atoms with Crippen LogP contribution in [0.1, 0.15) is 0 Å². The molecule has 8 heteroatoms. The van der Waals surface area contributed by atoms with Gasteiger partial charge in [-0.15, -0.1) is 0 Å². The molecule has 3 aromatic rings. The normalized spacial score (nSPS) is 13.4. The zero-order valence-electron chi connectivity index (χ0n) is 14.0. The Morgan fingerprint density at radius 1 is 1.04 bits per heavy atom. The molecule has 0 saturated carbocycles. The summed E-state index contributed by atoms with van der Waals surface area (Å²) in [6.07, 6.45) is 1.49. The van der Waals surface area contributed by atoms with Crippen LogP contribution in [0.3, 0.4) is 0 Å². The molecule has 0 fully saturated rings. The Bertz CT molecular complexity index is 1050. The second-order valence-electron chi connectivity index (χ2n) is 5.85. The van der Waals surface area contributed by atoms with E-state index in [1.165, 1.54) is 10.9 Å². The third kappa shape index (κ3) is 3.11. The number of rotatable bonds is 4. The van der Waals surface area contributed by atoms with E-state index in [9.17, 15) is 8.42 Å². The molecule has 0 bridgehead atoms. The predicted molar refractivity (Wildman–Crippen MR) is 96.9 cm³/mol. The molecule has 0 saturated heterocycles. The van der Waals surface area contributed by atoms with Gasteiger partial charge in [-0.05, 0) is 12.1 Å². The zero-order valence-corrected chi connectivity index (χ0v) is 14.9. The van der Waals surface area contributed by atoms with Gasteiger partial charge < -0.3 is 9.47 Å². The summed E-state index contributed by atoms with van der Waals surface area (Å²) in [4.78, 5) is 0.112. The van der Waals surface area contributed by atoms with E-state index in [1.807, 2.05) is 30.3 Å². The number of aromatic nitrogens is 2. The molecular weight excluding hydrogens is 354 g/mol. The van der Waals surface area contributed by atoms with Gasteiger partial charge in [-0.25, -0.2) is 8.42 Å². The lowest BCUT2D eigenvalue weighted by Crippen LogP contribution is -2.17. The van der Waals surface area contributed by atoms with E-state index in [0.717, 1.165) is 5.56 Å². The lowest BCUT2D eigenvalue weighted by Gasteiger charge is -2.19. The van der Waals surface area contributed by atoms with Crippen molar-refractivity contribution in [3.05, 3.63) is 54.7 Å². The van der Waals surface area contributed by atoms with E-state index < -0.39 is 10.0 Å². The largest absolute Gasteiger partial charge is 0.486 e. The summed E-state index contributed by atoms with van der Waals surface area (Å²) < 4.78 is 40.9. The Morgan fingerprint density at radius 3 is 2.54 bits per heavy atom. The molecule has 4 rings (SSSR count). The van der Waals surface area contributed by atoms with Gasteiger partial charge in [-0.1, -0.05) is 30.3 Å². The molecule has 0 unspecified atom stereocenters. The quantitative estimate of drug-likeness (QED) is 0.762. The van der Waals surface area contributed by atoms with Crippen molar-refractivity contribution in [2.45, 2.75) is 4.90 Å². The molecule has 1 aliphatic rings. The third-order valence-electron chi connectivity index (χ3n) is 3.93. The van der Waals surface area contributed by atoms with E-state index in [1.54, 1.807) is 25.2 Å². The van der Waals surface area contributed by atoms with Gasteiger partial charge >= 0.3 is 0 Å². The maximum Gasteiger partial charge on any atom is 0.265 e. The average molecular weight is 371 g/mol. The van der Waals surface area contributed by atoms with Gasteiger partial charge in [0.05, 0.1) is 5.69 Å². The molecule has 0 amide bonds. The van der Waals surface area contributed by atoms with Gasteiger partial charge in [0, 0.05) is 24.9 Å². The Morgan fingerprint density at radius 2 is 1.77 bits per heavy atom. The maximum absolute atomic E-state index is 12.9. The summed E-state index contributed by atoms with van der Waals surface area (Å²) in [5, 5.41) is 4.31.